The molecule has 3 N–H and O–H groups in total. The quantitative estimate of drug-likeness (QED) is 0.187. The van der Waals surface area contributed by atoms with E-state index >= 15 is 0 Å². The molecule has 5 rings (SSSR count). The molecular formula is C27H28ClN5O7. The Morgan fingerprint density at radius 1 is 1.20 bits per heavy atom. The highest BCUT2D eigenvalue weighted by Gasteiger charge is 2.50. The van der Waals surface area contributed by atoms with Crippen LogP contribution in [0.3, 0.4) is 0 Å². The summed E-state index contributed by atoms with van der Waals surface area (Å²) in [6.07, 6.45) is 7.53. The lowest BCUT2D eigenvalue weighted by atomic mass is 9.94. The minimum Gasteiger partial charge on any atom is -0.479 e. The number of anilines is 1. The van der Waals surface area contributed by atoms with Crippen LogP contribution in [0.5, 0.6) is 0 Å². The van der Waals surface area contributed by atoms with Crippen molar-refractivity contribution in [2.75, 3.05) is 25.1 Å². The molecule has 2 fully saturated rings. The van der Waals surface area contributed by atoms with Crippen molar-refractivity contribution >= 4 is 40.5 Å². The van der Waals surface area contributed by atoms with Crippen LogP contribution in [0.4, 0.5) is 5.82 Å². The predicted molar refractivity (Wildman–Crippen MR) is 143 cm³/mol. The molecule has 12 nitrogen and oxygen atoms in total. The van der Waals surface area contributed by atoms with Crippen LogP contribution in [-0.4, -0.2) is 79.2 Å². The zero-order valence-electron chi connectivity index (χ0n) is 21.4. The van der Waals surface area contributed by atoms with Gasteiger partial charge in [-0.05, 0) is 30.0 Å². The standard InChI is InChI=1S/C27H28ClN5O7/c1-2-17-12-20(33-15-29-21-22(31-26(28)32-23(21)33)30-18-8-10-38-11-9-18)40-19(17)14-39-27(24(34)35,25(36)37)13-16-6-4-3-5-7-16/h1,3-7,15,17-20H,8-14H2,(H,34,35)(H,36,37)(H,30,31,32). The lowest BCUT2D eigenvalue weighted by molar-refractivity contribution is -0.188. The molecule has 0 saturated carbocycles. The highest BCUT2D eigenvalue weighted by atomic mass is 35.5. The summed E-state index contributed by atoms with van der Waals surface area (Å²) in [5.74, 6) is -0.567. The molecule has 3 aromatic rings. The minimum atomic E-state index is -2.52. The van der Waals surface area contributed by atoms with E-state index < -0.39 is 35.8 Å². The summed E-state index contributed by atoms with van der Waals surface area (Å²) >= 11 is 6.26. The predicted octanol–water partition coefficient (Wildman–Crippen LogP) is 2.77. The Bertz CT molecular complexity index is 1410. The number of benzene rings is 1. The van der Waals surface area contributed by atoms with Gasteiger partial charge in [-0.15, -0.1) is 12.3 Å². The number of hydrogen-bond donors (Lipinski definition) is 3. The molecule has 0 aliphatic carbocycles. The van der Waals surface area contributed by atoms with E-state index in [1.807, 2.05) is 0 Å². The van der Waals surface area contributed by atoms with Crippen molar-refractivity contribution in [3.8, 4) is 12.3 Å². The highest BCUT2D eigenvalue weighted by molar-refractivity contribution is 6.28. The summed E-state index contributed by atoms with van der Waals surface area (Å²) < 4.78 is 18.9. The van der Waals surface area contributed by atoms with Crippen LogP contribution in [0.25, 0.3) is 11.2 Å². The summed E-state index contributed by atoms with van der Waals surface area (Å²) in [5.41, 5.74) is -1.08. The third-order valence-corrected chi connectivity index (χ3v) is 7.37. The normalized spacial score (nSPS) is 21.8. The summed E-state index contributed by atoms with van der Waals surface area (Å²) in [4.78, 5) is 37.6. The maximum atomic E-state index is 12.2. The van der Waals surface area contributed by atoms with Crippen molar-refractivity contribution in [1.29, 1.82) is 0 Å². The first-order chi connectivity index (χ1) is 19.3. The lowest BCUT2D eigenvalue weighted by Crippen LogP contribution is -2.52. The number of aliphatic carboxylic acids is 2. The van der Waals surface area contributed by atoms with E-state index in [2.05, 4.69) is 26.2 Å². The zero-order valence-corrected chi connectivity index (χ0v) is 22.2. The molecule has 2 aromatic heterocycles. The molecule has 3 unspecified atom stereocenters. The van der Waals surface area contributed by atoms with Crippen molar-refractivity contribution < 1.29 is 34.0 Å². The molecule has 0 radical (unpaired) electrons. The zero-order chi connectivity index (χ0) is 28.3. The number of ether oxygens (including phenoxy) is 3. The molecule has 2 aliphatic rings. The molecule has 3 atom stereocenters. The Kier molecular flexibility index (Phi) is 8.18. The second-order valence-electron chi connectivity index (χ2n) is 9.75. The number of nitrogens with one attached hydrogen (secondary N) is 1. The Labute approximate surface area is 234 Å². The number of aromatic nitrogens is 4. The number of terminal acetylenes is 1. The fraction of sp³-hybridized carbons (Fsp3) is 0.444. The van der Waals surface area contributed by atoms with Gasteiger partial charge in [0.15, 0.2) is 17.0 Å². The third-order valence-electron chi connectivity index (χ3n) is 7.20. The van der Waals surface area contributed by atoms with Gasteiger partial charge in [-0.2, -0.15) is 9.97 Å². The molecule has 4 heterocycles. The van der Waals surface area contributed by atoms with Gasteiger partial charge in [0.2, 0.25) is 5.28 Å². The Morgan fingerprint density at radius 2 is 1.93 bits per heavy atom. The summed E-state index contributed by atoms with van der Waals surface area (Å²) in [7, 11) is 0. The van der Waals surface area contributed by atoms with Crippen molar-refractivity contribution in [2.45, 2.75) is 49.7 Å². The van der Waals surface area contributed by atoms with Gasteiger partial charge in [0.05, 0.1) is 25.0 Å². The van der Waals surface area contributed by atoms with Crippen LogP contribution in [0, 0.1) is 18.3 Å². The average molecular weight is 570 g/mol. The number of halogens is 1. The molecule has 210 valence electrons. The summed E-state index contributed by atoms with van der Waals surface area (Å²) in [6, 6.07) is 8.57. The molecule has 2 saturated heterocycles. The first kappa shape index (κ1) is 27.8. The van der Waals surface area contributed by atoms with E-state index in [0.29, 0.717) is 42.2 Å². The molecule has 0 amide bonds. The van der Waals surface area contributed by atoms with Gasteiger partial charge in [-0.1, -0.05) is 30.3 Å². The van der Waals surface area contributed by atoms with Crippen molar-refractivity contribution in [3.05, 3.63) is 47.5 Å². The Hall–Kier alpha value is -3.76. The van der Waals surface area contributed by atoms with Gasteiger partial charge in [0, 0.05) is 32.1 Å². The topological polar surface area (TPSA) is 158 Å². The maximum absolute atomic E-state index is 12.2. The van der Waals surface area contributed by atoms with E-state index in [9.17, 15) is 19.8 Å². The van der Waals surface area contributed by atoms with Crippen LogP contribution in [0.1, 0.15) is 31.1 Å². The number of fused-ring (bicyclic) bond motifs is 1. The van der Waals surface area contributed by atoms with Gasteiger partial charge in [-0.3, -0.25) is 4.57 Å². The fourth-order valence-electron chi connectivity index (χ4n) is 4.99. The Balaban J connectivity index is 1.35. The first-order valence-corrected chi connectivity index (χ1v) is 13.2. The molecule has 2 aliphatic heterocycles. The van der Waals surface area contributed by atoms with Crippen molar-refractivity contribution in [1.82, 2.24) is 19.5 Å². The van der Waals surface area contributed by atoms with Gasteiger partial charge in [0.1, 0.15) is 6.23 Å². The number of carboxylic acids is 2. The SMILES string of the molecule is C#CC1CC(n2cnc3c(NC4CCOCC4)nc(Cl)nc32)OC1COC(Cc1ccccc1)(C(=O)O)C(=O)O. The molecule has 13 heteroatoms. The second kappa shape index (κ2) is 11.8. The van der Waals surface area contributed by atoms with Crippen molar-refractivity contribution in [2.24, 2.45) is 5.92 Å². The Morgan fingerprint density at radius 3 is 2.60 bits per heavy atom. The maximum Gasteiger partial charge on any atom is 0.348 e. The number of hydrogen-bond acceptors (Lipinski definition) is 9. The smallest absolute Gasteiger partial charge is 0.348 e. The van der Waals surface area contributed by atoms with Gasteiger partial charge in [0.25, 0.3) is 5.60 Å². The van der Waals surface area contributed by atoms with Gasteiger partial charge in [-0.25, -0.2) is 14.6 Å². The third kappa shape index (κ3) is 5.59. The highest BCUT2D eigenvalue weighted by Crippen LogP contribution is 2.37. The summed E-state index contributed by atoms with van der Waals surface area (Å²) in [5, 5.41) is 23.2. The van der Waals surface area contributed by atoms with Crippen LogP contribution in [0.2, 0.25) is 5.28 Å². The van der Waals surface area contributed by atoms with E-state index in [4.69, 9.17) is 32.2 Å². The van der Waals surface area contributed by atoms with Crippen LogP contribution < -0.4 is 5.32 Å². The second-order valence-corrected chi connectivity index (χ2v) is 10.1. The molecule has 0 bridgehead atoms. The van der Waals surface area contributed by atoms with E-state index in [1.165, 1.54) is 0 Å². The number of carbonyl (C=O) groups is 2. The monoisotopic (exact) mass is 569 g/mol. The average Bonchev–Trinajstić information content (AvgIpc) is 3.55. The van der Waals surface area contributed by atoms with Crippen LogP contribution in [-0.2, 0) is 30.2 Å². The molecule has 40 heavy (non-hydrogen) atoms. The summed E-state index contributed by atoms with van der Waals surface area (Å²) in [6.45, 7) is 0.949. The largest absolute Gasteiger partial charge is 0.479 e. The molecule has 0 spiro atoms. The van der Waals surface area contributed by atoms with Crippen LogP contribution in [0.15, 0.2) is 36.7 Å². The fourth-order valence-corrected chi connectivity index (χ4v) is 5.16. The van der Waals surface area contributed by atoms with Crippen LogP contribution >= 0.6 is 11.6 Å². The molecular weight excluding hydrogens is 542 g/mol. The minimum absolute atomic E-state index is 0.0313. The van der Waals surface area contributed by atoms with E-state index in [1.54, 1.807) is 41.2 Å². The number of nitrogens with zero attached hydrogens (tertiary/aromatic N) is 4. The van der Waals surface area contributed by atoms with Crippen molar-refractivity contribution in [3.63, 3.8) is 0 Å². The molecule has 1 aromatic carbocycles. The lowest BCUT2D eigenvalue weighted by Gasteiger charge is -2.27. The van der Waals surface area contributed by atoms with E-state index in [0.717, 1.165) is 12.8 Å². The number of imidazole rings is 1. The number of carboxylic acid groups (broad SMARTS) is 2. The van der Waals surface area contributed by atoms with Gasteiger partial charge >= 0.3 is 11.9 Å². The van der Waals surface area contributed by atoms with Gasteiger partial charge < -0.3 is 29.7 Å². The van der Waals surface area contributed by atoms with E-state index in [-0.39, 0.29) is 24.4 Å². The first-order valence-electron chi connectivity index (χ1n) is 12.8. The number of rotatable bonds is 10.